The molecule has 0 N–H and O–H groups in total. The third-order valence-electron chi connectivity index (χ3n) is 2.71. The molecule has 0 amide bonds. The van der Waals surface area contributed by atoms with E-state index in [1.807, 2.05) is 12.4 Å². The van der Waals surface area contributed by atoms with Gasteiger partial charge in [0.2, 0.25) is 12.4 Å². The summed E-state index contributed by atoms with van der Waals surface area (Å²) in [5.74, 6) is 0. The van der Waals surface area contributed by atoms with Gasteiger partial charge in [-0.3, -0.25) is 4.84 Å². The van der Waals surface area contributed by atoms with E-state index in [1.54, 1.807) is 4.73 Å². The highest BCUT2D eigenvalue weighted by Gasteiger charge is 1.99. The summed E-state index contributed by atoms with van der Waals surface area (Å²) in [6, 6.07) is 4.11. The number of hydrogen-bond acceptors (Lipinski definition) is 1. The lowest BCUT2D eigenvalue weighted by Crippen LogP contribution is -2.42. The van der Waals surface area contributed by atoms with Crippen LogP contribution in [0.15, 0.2) is 24.5 Å². The van der Waals surface area contributed by atoms with E-state index in [-0.39, 0.29) is 0 Å². The van der Waals surface area contributed by atoms with Crippen molar-refractivity contribution in [3.05, 3.63) is 30.1 Å². The Kier molecular flexibility index (Phi) is 6.62. The summed E-state index contributed by atoms with van der Waals surface area (Å²) in [6.07, 6.45) is 11.8. The Morgan fingerprint density at radius 2 is 1.62 bits per heavy atom. The van der Waals surface area contributed by atoms with E-state index in [9.17, 15) is 0 Å². The molecule has 1 heterocycles. The van der Waals surface area contributed by atoms with E-state index in [0.717, 1.165) is 13.0 Å². The van der Waals surface area contributed by atoms with Crippen molar-refractivity contribution in [1.29, 1.82) is 0 Å². The van der Waals surface area contributed by atoms with E-state index in [2.05, 4.69) is 26.0 Å². The number of pyridine rings is 1. The highest BCUT2D eigenvalue weighted by atomic mass is 16.7. The molecule has 1 aromatic rings. The van der Waals surface area contributed by atoms with Crippen LogP contribution in [0, 0.1) is 6.92 Å². The smallest absolute Gasteiger partial charge is 0.222 e. The fraction of sp³-hybridized carbons (Fsp3) is 0.643. The second-order valence-corrected chi connectivity index (χ2v) is 4.34. The Hall–Kier alpha value is -1.05. The van der Waals surface area contributed by atoms with Crippen molar-refractivity contribution in [3.8, 4) is 0 Å². The number of hydrogen-bond donors (Lipinski definition) is 0. The van der Waals surface area contributed by atoms with Gasteiger partial charge in [0.05, 0.1) is 0 Å². The molecule has 0 bridgehead atoms. The van der Waals surface area contributed by atoms with Crippen molar-refractivity contribution in [2.24, 2.45) is 0 Å². The standard InChI is InChI=1S/C14H24NO/c1-3-4-5-6-7-8-13-16-15-11-9-14(2)10-12-15/h9-12H,3-8,13H2,1-2H3/q+1. The van der Waals surface area contributed by atoms with Gasteiger partial charge in [-0.15, -0.1) is 0 Å². The maximum absolute atomic E-state index is 5.58. The zero-order valence-electron chi connectivity index (χ0n) is 10.6. The van der Waals surface area contributed by atoms with Gasteiger partial charge in [-0.25, -0.2) is 0 Å². The Labute approximate surface area is 99.2 Å². The van der Waals surface area contributed by atoms with E-state index < -0.39 is 0 Å². The SMILES string of the molecule is CCCCCCCCO[n+]1ccc(C)cc1. The maximum Gasteiger partial charge on any atom is 0.222 e. The molecule has 0 saturated heterocycles. The molecule has 0 saturated carbocycles. The first kappa shape index (κ1) is 13.0. The van der Waals surface area contributed by atoms with Gasteiger partial charge >= 0.3 is 0 Å². The molecule has 2 heteroatoms. The number of rotatable bonds is 8. The van der Waals surface area contributed by atoms with Gasteiger partial charge in [0.1, 0.15) is 0 Å². The molecular weight excluding hydrogens is 198 g/mol. The van der Waals surface area contributed by atoms with Crippen molar-refractivity contribution in [2.75, 3.05) is 6.61 Å². The van der Waals surface area contributed by atoms with Crippen molar-refractivity contribution in [1.82, 2.24) is 0 Å². The van der Waals surface area contributed by atoms with Crippen LogP contribution in [0.25, 0.3) is 0 Å². The van der Waals surface area contributed by atoms with Gasteiger partial charge in [-0.05, 0) is 25.3 Å². The highest BCUT2D eigenvalue weighted by Crippen LogP contribution is 2.03. The number of aryl methyl sites for hydroxylation is 1. The summed E-state index contributed by atoms with van der Waals surface area (Å²) in [7, 11) is 0. The molecule has 0 aliphatic rings. The first-order chi connectivity index (χ1) is 7.83. The second-order valence-electron chi connectivity index (χ2n) is 4.34. The van der Waals surface area contributed by atoms with Gasteiger partial charge in [-0.2, -0.15) is 0 Å². The van der Waals surface area contributed by atoms with Gasteiger partial charge in [0, 0.05) is 16.9 Å². The number of unbranched alkanes of at least 4 members (excludes halogenated alkanes) is 5. The van der Waals surface area contributed by atoms with Crippen molar-refractivity contribution in [3.63, 3.8) is 0 Å². The Bertz CT molecular complexity index is 269. The molecule has 0 aliphatic carbocycles. The molecule has 0 aliphatic heterocycles. The molecule has 2 nitrogen and oxygen atoms in total. The van der Waals surface area contributed by atoms with E-state index >= 15 is 0 Å². The summed E-state index contributed by atoms with van der Waals surface area (Å²) in [6.45, 7) is 5.15. The molecular formula is C14H24NO+. The van der Waals surface area contributed by atoms with Gasteiger partial charge in [0.15, 0.2) is 6.61 Å². The average Bonchev–Trinajstić information content (AvgIpc) is 2.30. The summed E-state index contributed by atoms with van der Waals surface area (Å²) < 4.78 is 1.79. The Morgan fingerprint density at radius 1 is 1.00 bits per heavy atom. The lowest BCUT2D eigenvalue weighted by molar-refractivity contribution is -0.891. The van der Waals surface area contributed by atoms with Crippen LogP contribution in [0.2, 0.25) is 0 Å². The quantitative estimate of drug-likeness (QED) is 0.486. The normalized spacial score (nSPS) is 10.4. The minimum absolute atomic E-state index is 0.819. The Balaban J connectivity index is 2.01. The van der Waals surface area contributed by atoms with Crippen molar-refractivity contribution >= 4 is 0 Å². The minimum atomic E-state index is 0.819. The van der Waals surface area contributed by atoms with Crippen molar-refractivity contribution < 1.29 is 9.57 Å². The third kappa shape index (κ3) is 5.74. The van der Waals surface area contributed by atoms with Crippen LogP contribution in [0.1, 0.15) is 51.0 Å². The molecule has 1 aromatic heterocycles. The summed E-state index contributed by atoms with van der Waals surface area (Å²) >= 11 is 0. The van der Waals surface area contributed by atoms with Crippen LogP contribution in [0.4, 0.5) is 0 Å². The first-order valence-electron chi connectivity index (χ1n) is 6.44. The van der Waals surface area contributed by atoms with E-state index in [4.69, 9.17) is 4.84 Å². The summed E-state index contributed by atoms with van der Waals surface area (Å²) in [5, 5.41) is 0. The van der Waals surface area contributed by atoms with Crippen molar-refractivity contribution in [2.45, 2.75) is 52.4 Å². The first-order valence-corrected chi connectivity index (χ1v) is 6.44. The van der Waals surface area contributed by atoms with Crippen LogP contribution in [-0.4, -0.2) is 6.61 Å². The van der Waals surface area contributed by atoms with Gasteiger partial charge in [-0.1, -0.05) is 32.6 Å². The van der Waals surface area contributed by atoms with Gasteiger partial charge < -0.3 is 0 Å². The maximum atomic E-state index is 5.58. The zero-order chi connectivity index (χ0) is 11.6. The van der Waals surface area contributed by atoms with Crippen LogP contribution >= 0.6 is 0 Å². The highest BCUT2D eigenvalue weighted by molar-refractivity contribution is 5.02. The lowest BCUT2D eigenvalue weighted by atomic mass is 10.1. The number of nitrogens with zero attached hydrogens (tertiary/aromatic N) is 1. The fourth-order valence-corrected chi connectivity index (χ4v) is 1.63. The predicted molar refractivity (Wildman–Crippen MR) is 66.2 cm³/mol. The lowest BCUT2D eigenvalue weighted by Gasteiger charge is -2.00. The minimum Gasteiger partial charge on any atom is -0.271 e. The third-order valence-corrected chi connectivity index (χ3v) is 2.71. The summed E-state index contributed by atoms with van der Waals surface area (Å²) in [4.78, 5) is 5.58. The molecule has 16 heavy (non-hydrogen) atoms. The predicted octanol–water partition coefficient (Wildman–Crippen LogP) is 3.07. The van der Waals surface area contributed by atoms with Gasteiger partial charge in [0.25, 0.3) is 0 Å². The number of aromatic nitrogens is 1. The fourth-order valence-electron chi connectivity index (χ4n) is 1.63. The molecule has 0 fully saturated rings. The molecule has 0 aromatic carbocycles. The van der Waals surface area contributed by atoms with Crippen LogP contribution < -0.4 is 9.57 Å². The van der Waals surface area contributed by atoms with E-state index in [0.29, 0.717) is 0 Å². The Morgan fingerprint density at radius 3 is 2.31 bits per heavy atom. The van der Waals surface area contributed by atoms with Crippen LogP contribution in [0.5, 0.6) is 0 Å². The monoisotopic (exact) mass is 222 g/mol. The average molecular weight is 222 g/mol. The summed E-state index contributed by atoms with van der Waals surface area (Å²) in [5.41, 5.74) is 1.26. The topological polar surface area (TPSA) is 13.1 Å². The molecule has 0 radical (unpaired) electrons. The zero-order valence-corrected chi connectivity index (χ0v) is 10.6. The molecule has 0 atom stereocenters. The van der Waals surface area contributed by atoms with Crippen LogP contribution in [-0.2, 0) is 0 Å². The molecule has 90 valence electrons. The molecule has 0 unspecified atom stereocenters. The second kappa shape index (κ2) is 8.14. The largest absolute Gasteiger partial charge is 0.271 e. The van der Waals surface area contributed by atoms with Crippen LogP contribution in [0.3, 0.4) is 0 Å². The van der Waals surface area contributed by atoms with E-state index in [1.165, 1.54) is 37.7 Å². The molecule has 1 rings (SSSR count). The molecule has 0 spiro atoms.